The zero-order chi connectivity index (χ0) is 15.2. The molecule has 0 bridgehead atoms. The van der Waals surface area contributed by atoms with E-state index in [9.17, 15) is 13.2 Å². The largest absolute Gasteiger partial charge is 0.481 e. The molecule has 0 aromatic heterocycles. The molecule has 0 spiro atoms. The molecule has 7 heteroatoms. The molecular formula is C13H18ClNO4S. The lowest BCUT2D eigenvalue weighted by Gasteiger charge is -2.19. The van der Waals surface area contributed by atoms with Crippen LogP contribution < -0.4 is 0 Å². The van der Waals surface area contributed by atoms with Gasteiger partial charge in [-0.2, -0.15) is 0 Å². The highest BCUT2D eigenvalue weighted by atomic mass is 35.5. The third-order valence-electron chi connectivity index (χ3n) is 2.94. The quantitative estimate of drug-likeness (QED) is 0.792. The summed E-state index contributed by atoms with van der Waals surface area (Å²) in [5, 5.41) is 9.12. The van der Waals surface area contributed by atoms with Gasteiger partial charge in [0.2, 0.25) is 0 Å². The molecule has 0 aliphatic heterocycles. The molecule has 5 nitrogen and oxygen atoms in total. The zero-order valence-corrected chi connectivity index (χ0v) is 12.8. The van der Waals surface area contributed by atoms with Crippen molar-refractivity contribution in [2.24, 2.45) is 0 Å². The molecule has 0 amide bonds. The molecule has 1 rings (SSSR count). The van der Waals surface area contributed by atoms with Gasteiger partial charge in [0.05, 0.1) is 17.1 Å². The third kappa shape index (κ3) is 5.48. The number of carboxylic acids is 1. The van der Waals surface area contributed by atoms with Gasteiger partial charge >= 0.3 is 5.97 Å². The topological polar surface area (TPSA) is 74.7 Å². The van der Waals surface area contributed by atoms with Crippen LogP contribution in [0.3, 0.4) is 0 Å². The number of carboxylic acid groups (broad SMARTS) is 1. The summed E-state index contributed by atoms with van der Waals surface area (Å²) in [6.45, 7) is 3.15. The van der Waals surface area contributed by atoms with Crippen molar-refractivity contribution in [2.75, 3.05) is 25.4 Å². The fourth-order valence-corrected chi connectivity index (χ4v) is 3.10. The van der Waals surface area contributed by atoms with Gasteiger partial charge in [-0.05, 0) is 30.8 Å². The molecule has 112 valence electrons. The Morgan fingerprint density at radius 2 is 1.85 bits per heavy atom. The van der Waals surface area contributed by atoms with Crippen LogP contribution in [0.1, 0.15) is 13.3 Å². The van der Waals surface area contributed by atoms with Crippen LogP contribution in [0, 0.1) is 0 Å². The van der Waals surface area contributed by atoms with Crippen LogP contribution in [0.5, 0.6) is 0 Å². The van der Waals surface area contributed by atoms with Gasteiger partial charge in [0.15, 0.2) is 9.84 Å². The van der Waals surface area contributed by atoms with Crippen LogP contribution in [0.4, 0.5) is 0 Å². The minimum absolute atomic E-state index is 0.00876. The number of aliphatic carboxylic acids is 1. The summed E-state index contributed by atoms with van der Waals surface area (Å²) in [6.07, 6.45) is 0.00876. The number of sulfone groups is 1. The van der Waals surface area contributed by atoms with Crippen LogP contribution in [0.25, 0.3) is 0 Å². The van der Waals surface area contributed by atoms with Crippen molar-refractivity contribution in [3.63, 3.8) is 0 Å². The van der Waals surface area contributed by atoms with Gasteiger partial charge in [-0.25, -0.2) is 8.42 Å². The first-order valence-electron chi connectivity index (χ1n) is 6.27. The second-order valence-corrected chi connectivity index (χ2v) is 6.90. The highest BCUT2D eigenvalue weighted by Gasteiger charge is 2.16. The van der Waals surface area contributed by atoms with Crippen LogP contribution in [0.2, 0.25) is 5.02 Å². The van der Waals surface area contributed by atoms with E-state index in [-0.39, 0.29) is 17.1 Å². The number of rotatable bonds is 8. The third-order valence-corrected chi connectivity index (χ3v) is 4.90. The molecule has 0 unspecified atom stereocenters. The Balaban J connectivity index is 2.62. The zero-order valence-electron chi connectivity index (χ0n) is 11.3. The Morgan fingerprint density at radius 3 is 2.35 bits per heavy atom. The van der Waals surface area contributed by atoms with Crippen molar-refractivity contribution in [1.29, 1.82) is 0 Å². The smallest absolute Gasteiger partial charge is 0.304 e. The summed E-state index contributed by atoms with van der Waals surface area (Å²) in [5.41, 5.74) is 0. The molecule has 0 saturated heterocycles. The monoisotopic (exact) mass is 319 g/mol. The number of nitrogens with zero attached hydrogens (tertiary/aromatic N) is 1. The molecule has 0 atom stereocenters. The molecule has 1 aromatic carbocycles. The molecule has 0 saturated carbocycles. The number of hydrogen-bond donors (Lipinski definition) is 1. The second-order valence-electron chi connectivity index (χ2n) is 4.35. The van der Waals surface area contributed by atoms with E-state index < -0.39 is 15.8 Å². The van der Waals surface area contributed by atoms with Gasteiger partial charge in [0, 0.05) is 18.1 Å². The summed E-state index contributed by atoms with van der Waals surface area (Å²) >= 11 is 5.72. The maximum absolute atomic E-state index is 12.1. The van der Waals surface area contributed by atoms with E-state index in [2.05, 4.69) is 0 Å². The first-order chi connectivity index (χ1) is 9.35. The normalized spacial score (nSPS) is 11.8. The van der Waals surface area contributed by atoms with Crippen molar-refractivity contribution in [1.82, 2.24) is 4.90 Å². The van der Waals surface area contributed by atoms with Crippen molar-refractivity contribution < 1.29 is 18.3 Å². The van der Waals surface area contributed by atoms with Crippen molar-refractivity contribution in [2.45, 2.75) is 18.2 Å². The molecular weight excluding hydrogens is 302 g/mol. The van der Waals surface area contributed by atoms with E-state index in [1.165, 1.54) is 24.3 Å². The maximum Gasteiger partial charge on any atom is 0.304 e. The lowest BCUT2D eigenvalue weighted by Crippen LogP contribution is -2.31. The van der Waals surface area contributed by atoms with Crippen molar-refractivity contribution in [3.8, 4) is 0 Å². The van der Waals surface area contributed by atoms with Gasteiger partial charge in [0.25, 0.3) is 0 Å². The molecule has 0 radical (unpaired) electrons. The predicted molar refractivity (Wildman–Crippen MR) is 77.9 cm³/mol. The fourth-order valence-electron chi connectivity index (χ4n) is 1.69. The first-order valence-corrected chi connectivity index (χ1v) is 8.30. The lowest BCUT2D eigenvalue weighted by atomic mass is 10.4. The second kappa shape index (κ2) is 7.61. The Hall–Kier alpha value is -1.11. The molecule has 1 aromatic rings. The number of benzene rings is 1. The van der Waals surface area contributed by atoms with E-state index in [0.717, 1.165) is 0 Å². The van der Waals surface area contributed by atoms with E-state index >= 15 is 0 Å². The van der Waals surface area contributed by atoms with Gasteiger partial charge in [0.1, 0.15) is 0 Å². The molecule has 0 heterocycles. The number of halogens is 1. The average Bonchev–Trinajstić information content (AvgIpc) is 2.39. The average molecular weight is 320 g/mol. The van der Waals surface area contributed by atoms with E-state index in [0.29, 0.717) is 24.7 Å². The molecule has 0 aliphatic rings. The highest BCUT2D eigenvalue weighted by molar-refractivity contribution is 7.91. The maximum atomic E-state index is 12.1. The first kappa shape index (κ1) is 16.9. The summed E-state index contributed by atoms with van der Waals surface area (Å²) in [7, 11) is -3.37. The summed E-state index contributed by atoms with van der Waals surface area (Å²) in [5.74, 6) is -0.925. The predicted octanol–water partition coefficient (Wildman–Crippen LogP) is 1.91. The summed E-state index contributed by atoms with van der Waals surface area (Å²) < 4.78 is 24.2. The fraction of sp³-hybridized carbons (Fsp3) is 0.462. The van der Waals surface area contributed by atoms with Crippen LogP contribution in [0.15, 0.2) is 29.2 Å². The minimum Gasteiger partial charge on any atom is -0.481 e. The number of hydrogen-bond acceptors (Lipinski definition) is 4. The Morgan fingerprint density at radius 1 is 1.25 bits per heavy atom. The Labute approximate surface area is 124 Å². The SMILES string of the molecule is CCN(CCC(=O)O)CCS(=O)(=O)c1ccc(Cl)cc1. The molecule has 0 aliphatic carbocycles. The number of carbonyl (C=O) groups is 1. The van der Waals surface area contributed by atoms with Gasteiger partial charge < -0.3 is 10.0 Å². The summed E-state index contributed by atoms with van der Waals surface area (Å²) in [6, 6.07) is 6.03. The molecule has 1 N–H and O–H groups in total. The minimum atomic E-state index is -3.37. The van der Waals surface area contributed by atoms with Gasteiger partial charge in [-0.15, -0.1) is 0 Å². The van der Waals surface area contributed by atoms with Gasteiger partial charge in [-0.1, -0.05) is 18.5 Å². The Bertz CT molecular complexity index is 542. The van der Waals surface area contributed by atoms with Crippen LogP contribution in [-0.2, 0) is 14.6 Å². The van der Waals surface area contributed by atoms with Crippen LogP contribution in [-0.4, -0.2) is 49.8 Å². The highest BCUT2D eigenvalue weighted by Crippen LogP contribution is 2.15. The van der Waals surface area contributed by atoms with Gasteiger partial charge in [-0.3, -0.25) is 4.79 Å². The standard InChI is InChI=1S/C13H18ClNO4S/c1-2-15(8-7-13(16)17)9-10-20(18,19)12-5-3-11(14)4-6-12/h3-6H,2,7-10H2,1H3,(H,16,17). The van der Waals surface area contributed by atoms with E-state index in [1.807, 2.05) is 11.8 Å². The van der Waals surface area contributed by atoms with E-state index in [1.54, 1.807) is 0 Å². The van der Waals surface area contributed by atoms with Crippen molar-refractivity contribution in [3.05, 3.63) is 29.3 Å². The van der Waals surface area contributed by atoms with Crippen LogP contribution >= 0.6 is 11.6 Å². The summed E-state index contributed by atoms with van der Waals surface area (Å²) in [4.78, 5) is 12.6. The Kier molecular flexibility index (Phi) is 6.45. The molecule has 20 heavy (non-hydrogen) atoms. The van der Waals surface area contributed by atoms with Crippen molar-refractivity contribution >= 4 is 27.4 Å². The lowest BCUT2D eigenvalue weighted by molar-refractivity contribution is -0.137. The molecule has 0 fully saturated rings. The van der Waals surface area contributed by atoms with E-state index in [4.69, 9.17) is 16.7 Å².